The SMILES string of the molecule is CNC(=O)c1ccc(N2CCN(CC3=C(c4ccc(Cl)cc4)CC(C)(C)CC3)CC2)cc1Cc1cnc2[nH]ccc2c1. The number of halogens is 1. The second-order valence-electron chi connectivity index (χ2n) is 12.5. The molecule has 7 heteroatoms. The highest BCUT2D eigenvalue weighted by atomic mass is 35.5. The predicted octanol–water partition coefficient (Wildman–Crippen LogP) is 6.95. The lowest BCUT2D eigenvalue weighted by Gasteiger charge is -2.39. The smallest absolute Gasteiger partial charge is 0.251 e. The van der Waals surface area contributed by atoms with Crippen LogP contribution in [0.4, 0.5) is 5.69 Å². The third-order valence-electron chi connectivity index (χ3n) is 8.94. The summed E-state index contributed by atoms with van der Waals surface area (Å²) in [5.74, 6) is -0.0579. The standard InChI is InChI=1S/C35H40ClN5O/c1-35(2)12-10-27(32(21-35)25-4-6-29(36)7-5-25)23-40-14-16-41(17-15-40)30-8-9-31(34(42)37-3)28(20-30)19-24-18-26-11-13-38-33(26)39-22-24/h4-9,11,13,18,20,22H,10,12,14-17,19,21,23H2,1-3H3,(H,37,42)(H,38,39). The van der Waals surface area contributed by atoms with Gasteiger partial charge in [-0.25, -0.2) is 4.98 Å². The van der Waals surface area contributed by atoms with E-state index in [4.69, 9.17) is 11.6 Å². The van der Waals surface area contributed by atoms with Gasteiger partial charge in [0.05, 0.1) is 0 Å². The molecule has 2 aliphatic rings. The van der Waals surface area contributed by atoms with Crippen molar-refractivity contribution >= 4 is 39.8 Å². The predicted molar refractivity (Wildman–Crippen MR) is 173 cm³/mol. The van der Waals surface area contributed by atoms with E-state index in [1.165, 1.54) is 23.2 Å². The number of rotatable bonds is 7. The number of piperazine rings is 1. The van der Waals surface area contributed by atoms with Crippen molar-refractivity contribution < 1.29 is 4.79 Å². The van der Waals surface area contributed by atoms with E-state index in [9.17, 15) is 4.79 Å². The van der Waals surface area contributed by atoms with E-state index in [-0.39, 0.29) is 5.91 Å². The van der Waals surface area contributed by atoms with Crippen LogP contribution in [0.5, 0.6) is 0 Å². The summed E-state index contributed by atoms with van der Waals surface area (Å²) in [5.41, 5.74) is 9.61. The van der Waals surface area contributed by atoms with Gasteiger partial charge in [-0.05, 0) is 95.8 Å². The summed E-state index contributed by atoms with van der Waals surface area (Å²) in [6.45, 7) is 9.75. The van der Waals surface area contributed by atoms with Gasteiger partial charge in [0.2, 0.25) is 0 Å². The fraction of sp³-hybridized carbons (Fsp3) is 0.371. The normalized spacial score (nSPS) is 17.6. The zero-order valence-corrected chi connectivity index (χ0v) is 25.6. The molecule has 42 heavy (non-hydrogen) atoms. The molecule has 0 radical (unpaired) electrons. The number of allylic oxidation sites excluding steroid dienone is 1. The summed E-state index contributed by atoms with van der Waals surface area (Å²) < 4.78 is 0. The maximum atomic E-state index is 12.7. The number of hydrogen-bond donors (Lipinski definition) is 2. The number of pyridine rings is 1. The molecule has 4 aromatic rings. The highest BCUT2D eigenvalue weighted by molar-refractivity contribution is 6.30. The molecule has 218 valence electrons. The van der Waals surface area contributed by atoms with Gasteiger partial charge in [-0.15, -0.1) is 0 Å². The van der Waals surface area contributed by atoms with Crippen molar-refractivity contribution in [1.82, 2.24) is 20.2 Å². The molecule has 1 saturated heterocycles. The van der Waals surface area contributed by atoms with Crippen LogP contribution in [0.15, 0.2) is 72.6 Å². The first kappa shape index (κ1) is 28.5. The van der Waals surface area contributed by atoms with Crippen LogP contribution in [-0.2, 0) is 6.42 Å². The van der Waals surface area contributed by atoms with Crippen LogP contribution in [0, 0.1) is 5.41 Å². The Kier molecular flexibility index (Phi) is 8.11. The van der Waals surface area contributed by atoms with Gasteiger partial charge in [-0.1, -0.05) is 43.2 Å². The maximum absolute atomic E-state index is 12.7. The van der Waals surface area contributed by atoms with E-state index in [1.54, 1.807) is 12.6 Å². The Morgan fingerprint density at radius 1 is 1.05 bits per heavy atom. The molecule has 2 aromatic heterocycles. The lowest BCUT2D eigenvalue weighted by molar-refractivity contribution is 0.0962. The van der Waals surface area contributed by atoms with E-state index in [0.29, 0.717) is 11.8 Å². The highest BCUT2D eigenvalue weighted by Crippen LogP contribution is 2.43. The Morgan fingerprint density at radius 3 is 2.60 bits per heavy atom. The molecule has 1 aliphatic heterocycles. The average molecular weight is 582 g/mol. The van der Waals surface area contributed by atoms with E-state index in [0.717, 1.165) is 78.3 Å². The minimum Gasteiger partial charge on any atom is -0.369 e. The molecular formula is C35H40ClN5O. The molecule has 0 bridgehead atoms. The zero-order valence-electron chi connectivity index (χ0n) is 24.8. The van der Waals surface area contributed by atoms with Gasteiger partial charge in [0, 0.05) is 73.8 Å². The number of fused-ring (bicyclic) bond motifs is 1. The van der Waals surface area contributed by atoms with Gasteiger partial charge in [0.25, 0.3) is 5.91 Å². The molecule has 2 N–H and O–H groups in total. The molecule has 0 unspecified atom stereocenters. The minimum absolute atomic E-state index is 0.0579. The van der Waals surface area contributed by atoms with E-state index in [1.807, 2.05) is 36.7 Å². The van der Waals surface area contributed by atoms with Gasteiger partial charge in [-0.3, -0.25) is 9.69 Å². The first-order valence-electron chi connectivity index (χ1n) is 15.0. The molecule has 1 aliphatic carbocycles. The summed E-state index contributed by atoms with van der Waals surface area (Å²) in [6, 6.07) is 18.9. The largest absolute Gasteiger partial charge is 0.369 e. The zero-order chi connectivity index (χ0) is 29.3. The Balaban J connectivity index is 1.18. The van der Waals surface area contributed by atoms with Crippen LogP contribution < -0.4 is 10.2 Å². The highest BCUT2D eigenvalue weighted by Gasteiger charge is 2.29. The number of carbonyl (C=O) groups excluding carboxylic acids is 1. The molecule has 6 rings (SSSR count). The van der Waals surface area contributed by atoms with Gasteiger partial charge in [0.15, 0.2) is 0 Å². The van der Waals surface area contributed by atoms with Crippen molar-refractivity contribution in [2.75, 3.05) is 44.7 Å². The second kappa shape index (κ2) is 11.9. The van der Waals surface area contributed by atoms with Crippen LogP contribution in [0.25, 0.3) is 16.6 Å². The minimum atomic E-state index is -0.0579. The van der Waals surface area contributed by atoms with E-state index in [2.05, 4.69) is 69.3 Å². The summed E-state index contributed by atoms with van der Waals surface area (Å²) in [6.07, 6.45) is 7.95. The Morgan fingerprint density at radius 2 is 1.83 bits per heavy atom. The number of benzene rings is 2. The first-order chi connectivity index (χ1) is 20.3. The van der Waals surface area contributed by atoms with Crippen LogP contribution in [0.1, 0.15) is 60.2 Å². The number of nitrogens with one attached hydrogen (secondary N) is 2. The van der Waals surface area contributed by atoms with Crippen molar-refractivity contribution in [2.24, 2.45) is 5.41 Å². The fourth-order valence-electron chi connectivity index (χ4n) is 6.48. The Bertz CT molecular complexity index is 1610. The number of amides is 1. The summed E-state index contributed by atoms with van der Waals surface area (Å²) >= 11 is 6.21. The molecular weight excluding hydrogens is 542 g/mol. The molecule has 0 saturated carbocycles. The number of carbonyl (C=O) groups is 1. The van der Waals surface area contributed by atoms with Gasteiger partial charge < -0.3 is 15.2 Å². The quantitative estimate of drug-likeness (QED) is 0.248. The van der Waals surface area contributed by atoms with Gasteiger partial charge in [-0.2, -0.15) is 0 Å². The third-order valence-corrected chi connectivity index (χ3v) is 9.19. The summed E-state index contributed by atoms with van der Waals surface area (Å²) in [7, 11) is 1.69. The van der Waals surface area contributed by atoms with Crippen molar-refractivity contribution in [2.45, 2.75) is 39.5 Å². The Hall–Kier alpha value is -3.61. The van der Waals surface area contributed by atoms with E-state index >= 15 is 0 Å². The van der Waals surface area contributed by atoms with E-state index < -0.39 is 0 Å². The monoisotopic (exact) mass is 581 g/mol. The Labute approximate surface area is 253 Å². The molecule has 0 atom stereocenters. The van der Waals surface area contributed by atoms with Gasteiger partial charge in [0.1, 0.15) is 5.65 Å². The number of aromatic nitrogens is 2. The fourth-order valence-corrected chi connectivity index (χ4v) is 6.61. The summed E-state index contributed by atoms with van der Waals surface area (Å²) in [5, 5.41) is 4.68. The van der Waals surface area contributed by atoms with Crippen LogP contribution >= 0.6 is 11.6 Å². The molecule has 2 aromatic carbocycles. The van der Waals surface area contributed by atoms with Gasteiger partial charge >= 0.3 is 0 Å². The molecule has 6 nitrogen and oxygen atoms in total. The average Bonchev–Trinajstić information content (AvgIpc) is 3.46. The topological polar surface area (TPSA) is 64.3 Å². The molecule has 1 fully saturated rings. The lowest BCUT2D eigenvalue weighted by Crippen LogP contribution is -2.47. The summed E-state index contributed by atoms with van der Waals surface area (Å²) in [4.78, 5) is 25.5. The number of hydrogen-bond acceptors (Lipinski definition) is 4. The lowest BCUT2D eigenvalue weighted by atomic mass is 9.72. The molecule has 0 spiro atoms. The van der Waals surface area contributed by atoms with Crippen LogP contribution in [0.3, 0.4) is 0 Å². The van der Waals surface area contributed by atoms with Crippen LogP contribution in [-0.4, -0.2) is 60.5 Å². The molecule has 3 heterocycles. The first-order valence-corrected chi connectivity index (χ1v) is 15.4. The third kappa shape index (κ3) is 6.25. The molecule has 1 amide bonds. The van der Waals surface area contributed by atoms with Crippen molar-refractivity contribution in [3.8, 4) is 0 Å². The van der Waals surface area contributed by atoms with Crippen molar-refractivity contribution in [3.63, 3.8) is 0 Å². The van der Waals surface area contributed by atoms with Crippen molar-refractivity contribution in [3.05, 3.63) is 99.8 Å². The number of H-pyrrole nitrogens is 1. The second-order valence-corrected chi connectivity index (χ2v) is 13.0. The van der Waals surface area contributed by atoms with Crippen molar-refractivity contribution in [1.29, 1.82) is 0 Å². The number of nitrogens with zero attached hydrogens (tertiary/aromatic N) is 3. The number of anilines is 1. The number of aromatic amines is 1. The van der Waals surface area contributed by atoms with Crippen LogP contribution in [0.2, 0.25) is 5.02 Å². The maximum Gasteiger partial charge on any atom is 0.251 e.